The lowest BCUT2D eigenvalue weighted by molar-refractivity contribution is 0.662. The van der Waals surface area contributed by atoms with Crippen molar-refractivity contribution in [3.63, 3.8) is 0 Å². The summed E-state index contributed by atoms with van der Waals surface area (Å²) in [6, 6.07) is 9.90. The van der Waals surface area contributed by atoms with Gasteiger partial charge in [-0.2, -0.15) is 0 Å². The molecule has 2 aromatic rings. The number of aryl methyl sites for hydroxylation is 2. The molecule has 0 aliphatic heterocycles. The first kappa shape index (κ1) is 13.4. The Hall–Kier alpha value is -2.03. The van der Waals surface area contributed by atoms with Crippen LogP contribution in [0.3, 0.4) is 0 Å². The Morgan fingerprint density at radius 2 is 1.89 bits per heavy atom. The minimum absolute atomic E-state index is 0.0978. The monoisotopic (exact) mass is 256 g/mol. The van der Waals surface area contributed by atoms with Crippen molar-refractivity contribution in [1.29, 1.82) is 0 Å². The molecule has 0 fully saturated rings. The molecule has 0 unspecified atom stereocenters. The molecule has 19 heavy (non-hydrogen) atoms. The van der Waals surface area contributed by atoms with E-state index in [9.17, 15) is 4.79 Å². The number of pyridine rings is 1. The van der Waals surface area contributed by atoms with Crippen molar-refractivity contribution in [1.82, 2.24) is 4.57 Å². The average molecular weight is 256 g/mol. The summed E-state index contributed by atoms with van der Waals surface area (Å²) >= 11 is 0. The van der Waals surface area contributed by atoms with Gasteiger partial charge in [0.15, 0.2) is 0 Å². The Morgan fingerprint density at radius 1 is 1.16 bits per heavy atom. The molecule has 3 heteroatoms. The van der Waals surface area contributed by atoms with Crippen molar-refractivity contribution in [2.45, 2.75) is 33.7 Å². The van der Waals surface area contributed by atoms with E-state index >= 15 is 0 Å². The maximum Gasteiger partial charge on any atom is 0.274 e. The van der Waals surface area contributed by atoms with E-state index in [2.05, 4.69) is 39.0 Å². The maximum absolute atomic E-state index is 12.2. The second kappa shape index (κ2) is 5.31. The third kappa shape index (κ3) is 2.55. The highest BCUT2D eigenvalue weighted by Gasteiger charge is 2.10. The lowest BCUT2D eigenvalue weighted by Crippen LogP contribution is -2.24. The van der Waals surface area contributed by atoms with Crippen LogP contribution in [0, 0.1) is 13.8 Å². The molecule has 3 nitrogen and oxygen atoms in total. The predicted octanol–water partition coefficient (Wildman–Crippen LogP) is 3.12. The number of aromatic nitrogens is 1. The Kier molecular flexibility index (Phi) is 3.74. The first-order chi connectivity index (χ1) is 9.04. The molecule has 2 rings (SSSR count). The fourth-order valence-electron chi connectivity index (χ4n) is 2.38. The van der Waals surface area contributed by atoms with Crippen LogP contribution in [0.4, 0.5) is 5.69 Å². The number of nitrogen functional groups attached to an aromatic ring is 1. The predicted molar refractivity (Wildman–Crippen MR) is 80.3 cm³/mol. The smallest absolute Gasteiger partial charge is 0.274 e. The van der Waals surface area contributed by atoms with Crippen molar-refractivity contribution >= 4 is 5.69 Å². The van der Waals surface area contributed by atoms with Crippen molar-refractivity contribution in [3.8, 4) is 11.3 Å². The average Bonchev–Trinajstić information content (AvgIpc) is 2.36. The zero-order valence-corrected chi connectivity index (χ0v) is 11.7. The van der Waals surface area contributed by atoms with Crippen molar-refractivity contribution in [2.24, 2.45) is 0 Å². The van der Waals surface area contributed by atoms with Gasteiger partial charge in [-0.1, -0.05) is 30.7 Å². The Morgan fingerprint density at radius 3 is 2.53 bits per heavy atom. The van der Waals surface area contributed by atoms with Gasteiger partial charge in [0.2, 0.25) is 0 Å². The molecule has 1 aromatic carbocycles. The van der Waals surface area contributed by atoms with Gasteiger partial charge in [-0.3, -0.25) is 4.79 Å². The molecular formula is C16H20N2O. The largest absolute Gasteiger partial charge is 0.394 e. The number of nitrogens with two attached hydrogens (primary N) is 1. The highest BCUT2D eigenvalue weighted by molar-refractivity contribution is 5.65. The molecule has 100 valence electrons. The molecule has 0 bridgehead atoms. The van der Waals surface area contributed by atoms with Crippen molar-refractivity contribution < 1.29 is 0 Å². The van der Waals surface area contributed by atoms with Gasteiger partial charge < -0.3 is 10.3 Å². The third-order valence-electron chi connectivity index (χ3n) is 3.31. The normalized spacial score (nSPS) is 10.7. The van der Waals surface area contributed by atoms with E-state index in [1.165, 1.54) is 11.1 Å². The molecule has 0 radical (unpaired) electrons. The second-order valence-electron chi connectivity index (χ2n) is 4.95. The van der Waals surface area contributed by atoms with E-state index in [-0.39, 0.29) is 5.56 Å². The van der Waals surface area contributed by atoms with Crippen LogP contribution in [0.2, 0.25) is 0 Å². The molecule has 2 N–H and O–H groups in total. The van der Waals surface area contributed by atoms with Crippen molar-refractivity contribution in [3.05, 3.63) is 51.8 Å². The number of hydrogen-bond acceptors (Lipinski definition) is 2. The minimum atomic E-state index is -0.0978. The Labute approximate surface area is 113 Å². The summed E-state index contributed by atoms with van der Waals surface area (Å²) < 4.78 is 1.77. The molecule has 0 saturated heterocycles. The molecule has 1 heterocycles. The van der Waals surface area contributed by atoms with Crippen molar-refractivity contribution in [2.75, 3.05) is 5.73 Å². The molecule has 0 saturated carbocycles. The summed E-state index contributed by atoms with van der Waals surface area (Å²) in [6.45, 7) is 6.88. The quantitative estimate of drug-likeness (QED) is 0.917. The second-order valence-corrected chi connectivity index (χ2v) is 4.95. The zero-order chi connectivity index (χ0) is 14.0. The number of rotatable bonds is 3. The van der Waals surface area contributed by atoms with E-state index in [0.29, 0.717) is 12.2 Å². The third-order valence-corrected chi connectivity index (χ3v) is 3.31. The summed E-state index contributed by atoms with van der Waals surface area (Å²) in [5.41, 5.74) is 10.4. The fourth-order valence-corrected chi connectivity index (χ4v) is 2.38. The van der Waals surface area contributed by atoms with E-state index in [1.807, 2.05) is 6.07 Å². The summed E-state index contributed by atoms with van der Waals surface area (Å²) in [7, 11) is 0. The van der Waals surface area contributed by atoms with Crippen LogP contribution >= 0.6 is 0 Å². The van der Waals surface area contributed by atoms with E-state index < -0.39 is 0 Å². The molecular weight excluding hydrogens is 236 g/mol. The number of benzene rings is 1. The summed E-state index contributed by atoms with van der Waals surface area (Å²) in [4.78, 5) is 12.2. The van der Waals surface area contributed by atoms with Crippen LogP contribution in [0.1, 0.15) is 24.5 Å². The van der Waals surface area contributed by atoms with E-state index in [1.54, 1.807) is 10.6 Å². The SMILES string of the molecule is CCCn1c(-c2ccc(C)cc2C)ccc(N)c1=O. The van der Waals surface area contributed by atoms with Crippen LogP contribution < -0.4 is 11.3 Å². The highest BCUT2D eigenvalue weighted by atomic mass is 16.1. The molecule has 0 atom stereocenters. The first-order valence-electron chi connectivity index (χ1n) is 6.61. The number of nitrogens with zero attached hydrogens (tertiary/aromatic N) is 1. The zero-order valence-electron chi connectivity index (χ0n) is 11.7. The summed E-state index contributed by atoms with van der Waals surface area (Å²) in [5, 5.41) is 0. The van der Waals surface area contributed by atoms with E-state index in [0.717, 1.165) is 17.7 Å². The highest BCUT2D eigenvalue weighted by Crippen LogP contribution is 2.24. The van der Waals surface area contributed by atoms with Gasteiger partial charge in [0, 0.05) is 12.1 Å². The van der Waals surface area contributed by atoms with Gasteiger partial charge in [-0.05, 0) is 38.0 Å². The standard InChI is InChI=1S/C16H20N2O/c1-4-9-18-15(8-7-14(17)16(18)19)13-6-5-11(2)10-12(13)3/h5-8,10H,4,9,17H2,1-3H3. The van der Waals surface area contributed by atoms with Gasteiger partial charge >= 0.3 is 0 Å². The lowest BCUT2D eigenvalue weighted by atomic mass is 10.0. The number of anilines is 1. The van der Waals surface area contributed by atoms with Crippen LogP contribution in [0.25, 0.3) is 11.3 Å². The van der Waals surface area contributed by atoms with Crippen LogP contribution in [0.5, 0.6) is 0 Å². The fraction of sp³-hybridized carbons (Fsp3) is 0.312. The Balaban J connectivity index is 2.68. The van der Waals surface area contributed by atoms with Gasteiger partial charge in [0.1, 0.15) is 0 Å². The van der Waals surface area contributed by atoms with Gasteiger partial charge in [-0.25, -0.2) is 0 Å². The Bertz CT molecular complexity index is 656. The maximum atomic E-state index is 12.2. The topological polar surface area (TPSA) is 48.0 Å². The summed E-state index contributed by atoms with van der Waals surface area (Å²) in [6.07, 6.45) is 0.904. The molecule has 0 amide bonds. The number of hydrogen-bond donors (Lipinski definition) is 1. The molecule has 0 aliphatic carbocycles. The van der Waals surface area contributed by atoms with Gasteiger partial charge in [0.05, 0.1) is 11.4 Å². The molecule has 0 spiro atoms. The van der Waals surface area contributed by atoms with E-state index in [4.69, 9.17) is 5.73 Å². The van der Waals surface area contributed by atoms with Crippen LogP contribution in [-0.2, 0) is 6.54 Å². The lowest BCUT2D eigenvalue weighted by Gasteiger charge is -2.15. The van der Waals surface area contributed by atoms with Crippen LogP contribution in [0.15, 0.2) is 35.1 Å². The minimum Gasteiger partial charge on any atom is -0.394 e. The van der Waals surface area contributed by atoms with Crippen LogP contribution in [-0.4, -0.2) is 4.57 Å². The first-order valence-corrected chi connectivity index (χ1v) is 6.61. The van der Waals surface area contributed by atoms with Gasteiger partial charge in [0.25, 0.3) is 5.56 Å². The van der Waals surface area contributed by atoms with Gasteiger partial charge in [-0.15, -0.1) is 0 Å². The molecule has 0 aliphatic rings. The summed E-state index contributed by atoms with van der Waals surface area (Å²) in [5.74, 6) is 0. The molecule has 1 aromatic heterocycles.